The van der Waals surface area contributed by atoms with Gasteiger partial charge in [-0.3, -0.25) is 4.57 Å². The Labute approximate surface area is 95.0 Å². The van der Waals surface area contributed by atoms with Gasteiger partial charge < -0.3 is 9.64 Å². The minimum atomic E-state index is -0.284. The molecule has 0 aliphatic carbocycles. The maximum Gasteiger partial charge on any atom is 0.329 e. The Morgan fingerprint density at radius 3 is 2.88 bits per heavy atom. The zero-order chi connectivity index (χ0) is 11.8. The van der Waals surface area contributed by atoms with Gasteiger partial charge in [0.2, 0.25) is 0 Å². The summed E-state index contributed by atoms with van der Waals surface area (Å²) in [5, 5.41) is 0. The fraction of sp³-hybridized carbons (Fsp3) is 0.636. The molecule has 1 atom stereocenters. The molecule has 1 fully saturated rings. The van der Waals surface area contributed by atoms with Crippen LogP contribution < -0.4 is 0 Å². The van der Waals surface area contributed by atoms with Crippen molar-refractivity contribution in [1.29, 1.82) is 0 Å². The molecule has 16 heavy (non-hydrogen) atoms. The minimum absolute atomic E-state index is 0.0410. The van der Waals surface area contributed by atoms with Crippen LogP contribution in [0.1, 0.15) is 20.8 Å². The van der Waals surface area contributed by atoms with Crippen LogP contribution in [0.4, 0.5) is 4.79 Å². The summed E-state index contributed by atoms with van der Waals surface area (Å²) < 4.78 is 7.25. The van der Waals surface area contributed by atoms with E-state index in [2.05, 4.69) is 4.98 Å². The summed E-state index contributed by atoms with van der Waals surface area (Å²) in [6.45, 7) is 7.21. The highest BCUT2D eigenvalue weighted by molar-refractivity contribution is 5.76. The van der Waals surface area contributed by atoms with E-state index in [1.165, 1.54) is 10.9 Å². The molecule has 0 spiro atoms. The van der Waals surface area contributed by atoms with Crippen molar-refractivity contribution in [2.45, 2.75) is 32.5 Å². The highest BCUT2D eigenvalue weighted by Gasteiger charge is 2.34. The van der Waals surface area contributed by atoms with E-state index in [1.807, 2.05) is 20.8 Å². The lowest BCUT2D eigenvalue weighted by atomic mass is 10.1. The van der Waals surface area contributed by atoms with Crippen LogP contribution >= 0.6 is 0 Å². The molecule has 1 saturated heterocycles. The zero-order valence-corrected chi connectivity index (χ0v) is 9.88. The first-order valence-electron chi connectivity index (χ1n) is 5.43. The highest BCUT2D eigenvalue weighted by atomic mass is 16.5. The maximum absolute atomic E-state index is 12.1. The molecule has 5 nitrogen and oxygen atoms in total. The van der Waals surface area contributed by atoms with Crippen LogP contribution in [0.15, 0.2) is 18.7 Å². The third-order valence-corrected chi connectivity index (χ3v) is 2.57. The van der Waals surface area contributed by atoms with Gasteiger partial charge in [-0.2, -0.15) is 0 Å². The molecule has 0 aromatic carbocycles. The molecule has 2 heterocycles. The third-order valence-electron chi connectivity index (χ3n) is 2.57. The van der Waals surface area contributed by atoms with Crippen LogP contribution in [-0.2, 0) is 4.74 Å². The average molecular weight is 223 g/mol. The Morgan fingerprint density at radius 2 is 2.31 bits per heavy atom. The predicted octanol–water partition coefficient (Wildman–Crippen LogP) is 1.35. The highest BCUT2D eigenvalue weighted by Crippen LogP contribution is 2.21. The van der Waals surface area contributed by atoms with E-state index >= 15 is 0 Å². The molecule has 0 radical (unpaired) electrons. The number of imidazole rings is 1. The second-order valence-corrected chi connectivity index (χ2v) is 4.82. The third kappa shape index (κ3) is 2.24. The molecule has 0 bridgehead atoms. The van der Waals surface area contributed by atoms with Gasteiger partial charge in [0.05, 0.1) is 18.2 Å². The van der Waals surface area contributed by atoms with Crippen LogP contribution in [-0.4, -0.2) is 45.3 Å². The minimum Gasteiger partial charge on any atom is -0.369 e. The lowest BCUT2D eigenvalue weighted by Crippen LogP contribution is -2.54. The van der Waals surface area contributed by atoms with Gasteiger partial charge in [0.1, 0.15) is 6.33 Å². The van der Waals surface area contributed by atoms with E-state index in [0.717, 1.165) is 0 Å². The van der Waals surface area contributed by atoms with Gasteiger partial charge in [-0.1, -0.05) is 0 Å². The van der Waals surface area contributed by atoms with Crippen LogP contribution in [0.2, 0.25) is 0 Å². The van der Waals surface area contributed by atoms with Crippen molar-refractivity contribution in [3.8, 4) is 0 Å². The SMILES string of the molecule is CC1CN(C(=O)n2ccnc2)CC(C)(C)O1. The second-order valence-electron chi connectivity index (χ2n) is 4.82. The van der Waals surface area contributed by atoms with Crippen molar-refractivity contribution in [3.05, 3.63) is 18.7 Å². The fourth-order valence-corrected chi connectivity index (χ4v) is 2.14. The van der Waals surface area contributed by atoms with Crippen molar-refractivity contribution < 1.29 is 9.53 Å². The summed E-state index contributed by atoms with van der Waals surface area (Å²) in [6.07, 6.45) is 4.86. The standard InChI is InChI=1S/C11H17N3O2/c1-9-6-14(7-11(2,3)16-9)10(15)13-5-4-12-8-13/h4-5,8-9H,6-7H2,1-3H3. The van der Waals surface area contributed by atoms with E-state index in [-0.39, 0.29) is 17.7 Å². The number of aromatic nitrogens is 2. The first kappa shape index (κ1) is 11.1. The van der Waals surface area contributed by atoms with E-state index in [1.54, 1.807) is 17.3 Å². The molecular weight excluding hydrogens is 206 g/mol. The lowest BCUT2D eigenvalue weighted by Gasteiger charge is -2.41. The van der Waals surface area contributed by atoms with Crippen molar-refractivity contribution in [2.24, 2.45) is 0 Å². The molecule has 1 unspecified atom stereocenters. The Bertz CT molecular complexity index is 373. The van der Waals surface area contributed by atoms with Crippen LogP contribution in [0.25, 0.3) is 0 Å². The molecule has 1 amide bonds. The Morgan fingerprint density at radius 1 is 1.56 bits per heavy atom. The van der Waals surface area contributed by atoms with Gasteiger partial charge in [-0.05, 0) is 20.8 Å². The first-order chi connectivity index (χ1) is 7.48. The Balaban J connectivity index is 2.12. The molecule has 0 saturated carbocycles. The van der Waals surface area contributed by atoms with Crippen LogP contribution in [0.3, 0.4) is 0 Å². The number of ether oxygens (including phenoxy) is 1. The molecule has 2 rings (SSSR count). The molecular formula is C11H17N3O2. The summed E-state index contributed by atoms with van der Waals surface area (Å²) in [4.78, 5) is 17.8. The van der Waals surface area contributed by atoms with Gasteiger partial charge in [0, 0.05) is 18.9 Å². The van der Waals surface area contributed by atoms with Gasteiger partial charge in [0.25, 0.3) is 0 Å². The summed E-state index contributed by atoms with van der Waals surface area (Å²) in [5.74, 6) is 0. The van der Waals surface area contributed by atoms with Crippen molar-refractivity contribution in [2.75, 3.05) is 13.1 Å². The molecule has 5 heteroatoms. The summed E-state index contributed by atoms with van der Waals surface area (Å²) in [7, 11) is 0. The van der Waals surface area contributed by atoms with Crippen molar-refractivity contribution in [1.82, 2.24) is 14.5 Å². The Hall–Kier alpha value is -1.36. The number of nitrogens with zero attached hydrogens (tertiary/aromatic N) is 3. The number of rotatable bonds is 0. The number of hydrogen-bond acceptors (Lipinski definition) is 3. The van der Waals surface area contributed by atoms with Crippen LogP contribution in [0.5, 0.6) is 0 Å². The van der Waals surface area contributed by atoms with E-state index < -0.39 is 0 Å². The van der Waals surface area contributed by atoms with Gasteiger partial charge in [-0.25, -0.2) is 9.78 Å². The van der Waals surface area contributed by atoms with Crippen molar-refractivity contribution in [3.63, 3.8) is 0 Å². The summed E-state index contributed by atoms with van der Waals surface area (Å²) in [6, 6.07) is -0.0410. The number of morpholine rings is 1. The number of hydrogen-bond donors (Lipinski definition) is 0. The second kappa shape index (κ2) is 3.90. The number of amides is 1. The molecule has 0 N–H and O–H groups in total. The van der Waals surface area contributed by atoms with Crippen LogP contribution in [0, 0.1) is 0 Å². The number of carbonyl (C=O) groups excluding carboxylic acids is 1. The molecule has 88 valence electrons. The summed E-state index contributed by atoms with van der Waals surface area (Å²) in [5.41, 5.74) is -0.284. The molecule has 1 aliphatic heterocycles. The molecule has 1 aromatic rings. The lowest BCUT2D eigenvalue weighted by molar-refractivity contribution is -0.117. The topological polar surface area (TPSA) is 47.4 Å². The normalized spacial score (nSPS) is 24.4. The monoisotopic (exact) mass is 223 g/mol. The fourth-order valence-electron chi connectivity index (χ4n) is 2.14. The van der Waals surface area contributed by atoms with E-state index in [9.17, 15) is 4.79 Å². The first-order valence-corrected chi connectivity index (χ1v) is 5.43. The molecule has 1 aromatic heterocycles. The van der Waals surface area contributed by atoms with Crippen molar-refractivity contribution >= 4 is 6.03 Å². The maximum atomic E-state index is 12.1. The summed E-state index contributed by atoms with van der Waals surface area (Å²) >= 11 is 0. The smallest absolute Gasteiger partial charge is 0.329 e. The quantitative estimate of drug-likeness (QED) is 0.667. The Kier molecular flexibility index (Phi) is 2.71. The van der Waals surface area contributed by atoms with E-state index in [4.69, 9.17) is 4.74 Å². The predicted molar refractivity (Wildman–Crippen MR) is 59.2 cm³/mol. The average Bonchev–Trinajstić information content (AvgIpc) is 2.65. The number of carbonyl (C=O) groups is 1. The largest absolute Gasteiger partial charge is 0.369 e. The zero-order valence-electron chi connectivity index (χ0n) is 9.88. The molecule has 1 aliphatic rings. The van der Waals surface area contributed by atoms with E-state index in [0.29, 0.717) is 13.1 Å². The van der Waals surface area contributed by atoms with Gasteiger partial charge in [-0.15, -0.1) is 0 Å². The van der Waals surface area contributed by atoms with Gasteiger partial charge in [0.15, 0.2) is 0 Å². The van der Waals surface area contributed by atoms with Gasteiger partial charge >= 0.3 is 6.03 Å².